The van der Waals surface area contributed by atoms with Gasteiger partial charge in [0, 0.05) is 12.6 Å². The first-order valence-corrected chi connectivity index (χ1v) is 6.14. The molecule has 3 aromatic rings. The van der Waals surface area contributed by atoms with E-state index in [0.717, 1.165) is 5.56 Å². The van der Waals surface area contributed by atoms with E-state index in [2.05, 4.69) is 57.8 Å². The highest BCUT2D eigenvalue weighted by atomic mass is 15.2. The molecule has 0 atom stereocenters. The summed E-state index contributed by atoms with van der Waals surface area (Å²) < 4.78 is 0. The van der Waals surface area contributed by atoms with Crippen molar-refractivity contribution in [1.29, 1.82) is 0 Å². The molecular weight excluding hydrogens is 236 g/mol. The molecule has 0 aliphatic rings. The predicted octanol–water partition coefficient (Wildman–Crippen LogP) is 3.04. The van der Waals surface area contributed by atoms with E-state index in [1.165, 1.54) is 16.3 Å². The van der Waals surface area contributed by atoms with Gasteiger partial charge in [-0.2, -0.15) is 5.10 Å². The summed E-state index contributed by atoms with van der Waals surface area (Å²) in [7, 11) is 1.82. The largest absolute Gasteiger partial charge is 0.372 e. The second-order valence-corrected chi connectivity index (χ2v) is 4.48. The SMILES string of the molecule is CNc1cnnc(-c2ccc3cc(C)ccc3c2)n1. The van der Waals surface area contributed by atoms with Gasteiger partial charge in [0.1, 0.15) is 5.82 Å². The minimum atomic E-state index is 0.634. The van der Waals surface area contributed by atoms with Crippen LogP contribution in [0.5, 0.6) is 0 Å². The number of fused-ring (bicyclic) bond motifs is 1. The number of aromatic nitrogens is 3. The Kier molecular flexibility index (Phi) is 2.83. The average Bonchev–Trinajstić information content (AvgIpc) is 2.46. The van der Waals surface area contributed by atoms with Gasteiger partial charge in [0.25, 0.3) is 0 Å². The molecule has 2 aromatic carbocycles. The molecule has 4 heteroatoms. The molecule has 0 aliphatic heterocycles. The maximum absolute atomic E-state index is 4.40. The van der Waals surface area contributed by atoms with Crippen LogP contribution in [-0.2, 0) is 0 Å². The maximum Gasteiger partial charge on any atom is 0.183 e. The Hall–Kier alpha value is -2.49. The number of nitrogens with one attached hydrogen (secondary N) is 1. The molecule has 3 rings (SSSR count). The molecule has 0 saturated heterocycles. The highest BCUT2D eigenvalue weighted by molar-refractivity contribution is 5.87. The van der Waals surface area contributed by atoms with Gasteiger partial charge in [0.2, 0.25) is 0 Å². The standard InChI is InChI=1S/C15H14N4/c1-10-3-4-12-8-13(6-5-11(12)7-10)15-18-14(16-2)9-17-19-15/h3-9H,1-2H3,(H,16,18,19). The topological polar surface area (TPSA) is 50.7 Å². The molecule has 0 fully saturated rings. The fraction of sp³-hybridized carbons (Fsp3) is 0.133. The molecule has 0 bridgehead atoms. The Bertz CT molecular complexity index is 737. The number of rotatable bonds is 2. The minimum Gasteiger partial charge on any atom is -0.372 e. The quantitative estimate of drug-likeness (QED) is 0.759. The average molecular weight is 250 g/mol. The van der Waals surface area contributed by atoms with Gasteiger partial charge in [-0.25, -0.2) is 4.98 Å². The molecular formula is C15H14N4. The first-order valence-electron chi connectivity index (χ1n) is 6.14. The van der Waals surface area contributed by atoms with Crippen LogP contribution >= 0.6 is 0 Å². The molecule has 0 aliphatic carbocycles. The third-order valence-electron chi connectivity index (χ3n) is 3.07. The van der Waals surface area contributed by atoms with Gasteiger partial charge in [0.15, 0.2) is 5.82 Å². The molecule has 94 valence electrons. The van der Waals surface area contributed by atoms with Crippen LogP contribution in [0.3, 0.4) is 0 Å². The van der Waals surface area contributed by atoms with Crippen molar-refractivity contribution < 1.29 is 0 Å². The number of hydrogen-bond donors (Lipinski definition) is 1. The van der Waals surface area contributed by atoms with Crippen molar-refractivity contribution in [2.24, 2.45) is 0 Å². The number of aryl methyl sites for hydroxylation is 1. The van der Waals surface area contributed by atoms with Crippen LogP contribution in [0.15, 0.2) is 42.6 Å². The van der Waals surface area contributed by atoms with Gasteiger partial charge < -0.3 is 5.32 Å². The van der Waals surface area contributed by atoms with Crippen molar-refractivity contribution in [3.8, 4) is 11.4 Å². The summed E-state index contributed by atoms with van der Waals surface area (Å²) >= 11 is 0. The zero-order chi connectivity index (χ0) is 13.2. The van der Waals surface area contributed by atoms with Crippen molar-refractivity contribution in [2.45, 2.75) is 6.92 Å². The lowest BCUT2D eigenvalue weighted by Gasteiger charge is -2.04. The van der Waals surface area contributed by atoms with Gasteiger partial charge >= 0.3 is 0 Å². The second kappa shape index (κ2) is 4.65. The summed E-state index contributed by atoms with van der Waals surface area (Å²) in [6.07, 6.45) is 1.61. The first-order chi connectivity index (χ1) is 9.26. The van der Waals surface area contributed by atoms with Crippen molar-refractivity contribution in [1.82, 2.24) is 15.2 Å². The van der Waals surface area contributed by atoms with Crippen LogP contribution in [0, 0.1) is 6.92 Å². The Morgan fingerprint density at radius 3 is 2.63 bits per heavy atom. The van der Waals surface area contributed by atoms with Crippen molar-refractivity contribution in [3.05, 3.63) is 48.2 Å². The van der Waals surface area contributed by atoms with Gasteiger partial charge in [-0.15, -0.1) is 5.10 Å². The highest BCUT2D eigenvalue weighted by Gasteiger charge is 2.04. The van der Waals surface area contributed by atoms with Crippen LogP contribution in [0.2, 0.25) is 0 Å². The molecule has 1 N–H and O–H groups in total. The van der Waals surface area contributed by atoms with Crippen LogP contribution in [0.1, 0.15) is 5.56 Å². The molecule has 0 saturated carbocycles. The van der Waals surface area contributed by atoms with Crippen LogP contribution in [0.4, 0.5) is 5.82 Å². The summed E-state index contributed by atoms with van der Waals surface area (Å²) in [5.74, 6) is 1.35. The van der Waals surface area contributed by atoms with E-state index in [4.69, 9.17) is 0 Å². The van der Waals surface area contributed by atoms with Gasteiger partial charge in [0.05, 0.1) is 6.20 Å². The lowest BCUT2D eigenvalue weighted by molar-refractivity contribution is 0.981. The Morgan fingerprint density at radius 1 is 1.00 bits per heavy atom. The highest BCUT2D eigenvalue weighted by Crippen LogP contribution is 2.23. The number of benzene rings is 2. The minimum absolute atomic E-state index is 0.634. The molecule has 4 nitrogen and oxygen atoms in total. The fourth-order valence-corrected chi connectivity index (χ4v) is 2.05. The summed E-state index contributed by atoms with van der Waals surface area (Å²) in [6.45, 7) is 2.09. The van der Waals surface area contributed by atoms with Crippen LogP contribution < -0.4 is 5.32 Å². The summed E-state index contributed by atoms with van der Waals surface area (Å²) in [5.41, 5.74) is 2.23. The number of anilines is 1. The zero-order valence-corrected chi connectivity index (χ0v) is 10.9. The Balaban J connectivity index is 2.12. The summed E-state index contributed by atoms with van der Waals surface area (Å²) in [5, 5.41) is 13.4. The van der Waals surface area contributed by atoms with E-state index >= 15 is 0 Å². The fourth-order valence-electron chi connectivity index (χ4n) is 2.05. The summed E-state index contributed by atoms with van der Waals surface area (Å²) in [4.78, 5) is 4.40. The van der Waals surface area contributed by atoms with E-state index in [0.29, 0.717) is 11.6 Å². The van der Waals surface area contributed by atoms with Gasteiger partial charge in [-0.1, -0.05) is 35.9 Å². The van der Waals surface area contributed by atoms with E-state index in [-0.39, 0.29) is 0 Å². The number of nitrogens with zero attached hydrogens (tertiary/aromatic N) is 3. The molecule has 0 radical (unpaired) electrons. The monoisotopic (exact) mass is 250 g/mol. The molecule has 0 amide bonds. The third-order valence-corrected chi connectivity index (χ3v) is 3.07. The van der Waals surface area contributed by atoms with Crippen LogP contribution in [-0.4, -0.2) is 22.2 Å². The number of hydrogen-bond acceptors (Lipinski definition) is 4. The maximum atomic E-state index is 4.40. The van der Waals surface area contributed by atoms with Crippen molar-refractivity contribution in [3.63, 3.8) is 0 Å². The second-order valence-electron chi connectivity index (χ2n) is 4.48. The predicted molar refractivity (Wildman–Crippen MR) is 77.1 cm³/mol. The first kappa shape index (κ1) is 11.6. The van der Waals surface area contributed by atoms with E-state index < -0.39 is 0 Å². The lowest BCUT2D eigenvalue weighted by Crippen LogP contribution is -1.98. The van der Waals surface area contributed by atoms with Crippen molar-refractivity contribution in [2.75, 3.05) is 12.4 Å². The van der Waals surface area contributed by atoms with E-state index in [1.807, 2.05) is 13.1 Å². The van der Waals surface area contributed by atoms with E-state index in [1.54, 1.807) is 6.20 Å². The normalized spacial score (nSPS) is 10.6. The van der Waals surface area contributed by atoms with E-state index in [9.17, 15) is 0 Å². The van der Waals surface area contributed by atoms with Crippen molar-refractivity contribution >= 4 is 16.6 Å². The molecule has 19 heavy (non-hydrogen) atoms. The van der Waals surface area contributed by atoms with Crippen LogP contribution in [0.25, 0.3) is 22.2 Å². The zero-order valence-electron chi connectivity index (χ0n) is 10.9. The Labute approximate surface area is 111 Å². The van der Waals surface area contributed by atoms with Gasteiger partial charge in [-0.05, 0) is 23.8 Å². The molecule has 1 heterocycles. The molecule has 0 unspecified atom stereocenters. The lowest BCUT2D eigenvalue weighted by atomic mass is 10.0. The Morgan fingerprint density at radius 2 is 1.79 bits per heavy atom. The molecule has 0 spiro atoms. The third kappa shape index (κ3) is 2.25. The molecule has 1 aromatic heterocycles. The van der Waals surface area contributed by atoms with Gasteiger partial charge in [-0.3, -0.25) is 0 Å². The summed E-state index contributed by atoms with van der Waals surface area (Å²) in [6, 6.07) is 12.6. The smallest absolute Gasteiger partial charge is 0.183 e.